The molecule has 0 aliphatic carbocycles. The van der Waals surface area contributed by atoms with E-state index in [2.05, 4.69) is 21.0 Å². The minimum Gasteiger partial charge on any atom is -0.504 e. The average Bonchev–Trinajstić information content (AvgIpc) is 2.31. The van der Waals surface area contributed by atoms with Gasteiger partial charge in [0.25, 0.3) is 0 Å². The molecule has 1 N–H and O–H groups in total. The van der Waals surface area contributed by atoms with Crippen molar-refractivity contribution in [2.45, 2.75) is 0 Å². The summed E-state index contributed by atoms with van der Waals surface area (Å²) in [7, 11) is 0. The molecule has 0 unspecified atom stereocenters. The number of aromatic hydroxyl groups is 1. The summed E-state index contributed by atoms with van der Waals surface area (Å²) in [4.78, 5) is 0. The van der Waals surface area contributed by atoms with E-state index in [4.69, 9.17) is 5.11 Å². The summed E-state index contributed by atoms with van der Waals surface area (Å²) in [6.07, 6.45) is 2.77. The Morgan fingerprint density at radius 3 is 3.08 bits per heavy atom. The summed E-state index contributed by atoms with van der Waals surface area (Å²) in [5.41, 5.74) is 0.0956. The van der Waals surface area contributed by atoms with E-state index in [0.29, 0.717) is 4.47 Å². The van der Waals surface area contributed by atoms with Gasteiger partial charge in [0.2, 0.25) is 0 Å². The molecule has 0 atom stereocenters. The molecule has 2 aromatic heterocycles. The van der Waals surface area contributed by atoms with Crippen LogP contribution in [0.3, 0.4) is 0 Å². The van der Waals surface area contributed by atoms with Gasteiger partial charge in [-0.25, -0.2) is 8.91 Å². The van der Waals surface area contributed by atoms with Crippen LogP contribution < -0.4 is 0 Å². The lowest BCUT2D eigenvalue weighted by Crippen LogP contribution is -1.89. The normalized spacial score (nSPS) is 10.8. The first kappa shape index (κ1) is 7.54. The zero-order chi connectivity index (χ0) is 8.72. The maximum absolute atomic E-state index is 13.1. The van der Waals surface area contributed by atoms with E-state index in [9.17, 15) is 4.39 Å². The van der Waals surface area contributed by atoms with Gasteiger partial charge in [-0.2, -0.15) is 5.10 Å². The van der Waals surface area contributed by atoms with Gasteiger partial charge < -0.3 is 5.11 Å². The number of hydrogen-bond donors (Lipinski definition) is 1. The van der Waals surface area contributed by atoms with Crippen LogP contribution in [0, 0.1) is 5.82 Å². The van der Waals surface area contributed by atoms with Crippen molar-refractivity contribution in [1.29, 1.82) is 0 Å². The highest BCUT2D eigenvalue weighted by Crippen LogP contribution is 2.23. The number of pyridine rings is 1. The van der Waals surface area contributed by atoms with Crippen molar-refractivity contribution < 1.29 is 9.50 Å². The number of halogens is 2. The van der Waals surface area contributed by atoms with Crippen molar-refractivity contribution >= 4 is 21.4 Å². The third-order valence-corrected chi connectivity index (χ3v) is 1.95. The fourth-order valence-corrected chi connectivity index (χ4v) is 1.42. The van der Waals surface area contributed by atoms with Crippen LogP contribution in [-0.4, -0.2) is 14.7 Å². The molecule has 0 aromatic carbocycles. The zero-order valence-electron chi connectivity index (χ0n) is 5.83. The predicted octanol–water partition coefficient (Wildman–Crippen LogP) is 1.94. The van der Waals surface area contributed by atoms with E-state index in [-0.39, 0.29) is 11.3 Å². The first-order chi connectivity index (χ1) is 5.68. The first-order valence-corrected chi connectivity index (χ1v) is 3.99. The van der Waals surface area contributed by atoms with Gasteiger partial charge in [0.05, 0.1) is 6.20 Å². The molecule has 3 nitrogen and oxygen atoms in total. The molecular weight excluding hydrogens is 227 g/mol. The highest BCUT2D eigenvalue weighted by Gasteiger charge is 2.08. The smallest absolute Gasteiger partial charge is 0.164 e. The van der Waals surface area contributed by atoms with Crippen LogP contribution in [0.25, 0.3) is 5.52 Å². The predicted molar refractivity (Wildman–Crippen MR) is 44.5 cm³/mol. The van der Waals surface area contributed by atoms with Gasteiger partial charge in [0.1, 0.15) is 5.52 Å². The molecule has 0 saturated heterocycles. The molecule has 5 heteroatoms. The highest BCUT2D eigenvalue weighted by molar-refractivity contribution is 9.10. The van der Waals surface area contributed by atoms with E-state index >= 15 is 0 Å². The summed E-state index contributed by atoms with van der Waals surface area (Å²) in [6.45, 7) is 0. The molecule has 2 rings (SSSR count). The number of rotatable bonds is 0. The molecule has 0 amide bonds. The van der Waals surface area contributed by atoms with E-state index in [1.807, 2.05) is 0 Å². The quantitative estimate of drug-likeness (QED) is 0.752. The Morgan fingerprint density at radius 1 is 1.58 bits per heavy atom. The van der Waals surface area contributed by atoms with Crippen molar-refractivity contribution in [3.8, 4) is 5.75 Å². The molecule has 0 saturated carbocycles. The molecule has 0 bridgehead atoms. The fourth-order valence-electron chi connectivity index (χ4n) is 1.03. The summed E-state index contributed by atoms with van der Waals surface area (Å²) >= 11 is 3.11. The zero-order valence-corrected chi connectivity index (χ0v) is 7.42. The first-order valence-electron chi connectivity index (χ1n) is 3.20. The molecular formula is C7H4BrFN2O. The van der Waals surface area contributed by atoms with Gasteiger partial charge >= 0.3 is 0 Å². The molecule has 0 aliphatic heterocycles. The number of aromatic nitrogens is 2. The maximum Gasteiger partial charge on any atom is 0.164 e. The Labute approximate surface area is 75.6 Å². The van der Waals surface area contributed by atoms with E-state index in [1.165, 1.54) is 16.8 Å². The Hall–Kier alpha value is -1.10. The third-order valence-electron chi connectivity index (χ3n) is 1.51. The van der Waals surface area contributed by atoms with Crippen molar-refractivity contribution in [1.82, 2.24) is 9.61 Å². The molecule has 0 fully saturated rings. The van der Waals surface area contributed by atoms with Crippen molar-refractivity contribution in [2.24, 2.45) is 0 Å². The van der Waals surface area contributed by atoms with Gasteiger partial charge in [0, 0.05) is 10.7 Å². The maximum atomic E-state index is 13.1. The van der Waals surface area contributed by atoms with Crippen molar-refractivity contribution in [3.63, 3.8) is 0 Å². The lowest BCUT2D eigenvalue weighted by atomic mass is 10.4. The van der Waals surface area contributed by atoms with Gasteiger partial charge in [-0.3, -0.25) is 0 Å². The van der Waals surface area contributed by atoms with Crippen molar-refractivity contribution in [3.05, 3.63) is 28.7 Å². The molecule has 2 heterocycles. The second-order valence-corrected chi connectivity index (χ2v) is 3.24. The fraction of sp³-hybridized carbons (Fsp3) is 0. The van der Waals surface area contributed by atoms with Crippen LogP contribution in [0.4, 0.5) is 4.39 Å². The minimum absolute atomic E-state index is 0.0956. The second kappa shape index (κ2) is 2.45. The Kier molecular flexibility index (Phi) is 1.54. The minimum atomic E-state index is -0.501. The Morgan fingerprint density at radius 2 is 2.33 bits per heavy atom. The monoisotopic (exact) mass is 230 g/mol. The SMILES string of the molecule is Oc1cnn2cc(Br)cc(F)c12. The van der Waals surface area contributed by atoms with Crippen LogP contribution in [0.5, 0.6) is 5.75 Å². The molecule has 2 aromatic rings. The summed E-state index contributed by atoms with van der Waals surface area (Å²) in [6, 6.07) is 1.27. The summed E-state index contributed by atoms with van der Waals surface area (Å²) in [5, 5.41) is 12.9. The Balaban J connectivity index is 2.93. The topological polar surface area (TPSA) is 37.5 Å². The van der Waals surface area contributed by atoms with Crippen molar-refractivity contribution in [2.75, 3.05) is 0 Å². The average molecular weight is 231 g/mol. The van der Waals surface area contributed by atoms with Gasteiger partial charge in [0.15, 0.2) is 11.6 Å². The van der Waals surface area contributed by atoms with Gasteiger partial charge in [-0.15, -0.1) is 0 Å². The molecule has 12 heavy (non-hydrogen) atoms. The largest absolute Gasteiger partial charge is 0.504 e. The molecule has 0 aliphatic rings. The van der Waals surface area contributed by atoms with E-state index in [1.54, 1.807) is 6.20 Å². The molecule has 0 radical (unpaired) electrons. The van der Waals surface area contributed by atoms with Crippen LogP contribution in [0.2, 0.25) is 0 Å². The van der Waals surface area contributed by atoms with E-state index < -0.39 is 5.82 Å². The summed E-state index contributed by atoms with van der Waals surface area (Å²) in [5.74, 6) is -0.653. The third kappa shape index (κ3) is 0.972. The lowest BCUT2D eigenvalue weighted by molar-refractivity contribution is 0.478. The lowest BCUT2D eigenvalue weighted by Gasteiger charge is -1.96. The number of nitrogens with zero attached hydrogens (tertiary/aromatic N) is 2. The van der Waals surface area contributed by atoms with Crippen LogP contribution in [0.15, 0.2) is 22.9 Å². The summed E-state index contributed by atoms with van der Waals surface area (Å²) < 4.78 is 14.9. The van der Waals surface area contributed by atoms with Crippen LogP contribution in [0.1, 0.15) is 0 Å². The standard InChI is InChI=1S/C7H4BrFN2O/c8-4-1-5(9)7-6(12)2-10-11(7)3-4/h1-3,12H. The second-order valence-electron chi connectivity index (χ2n) is 2.33. The van der Waals surface area contributed by atoms with Gasteiger partial charge in [-0.05, 0) is 22.0 Å². The Bertz CT molecular complexity index is 440. The van der Waals surface area contributed by atoms with Crippen LogP contribution in [-0.2, 0) is 0 Å². The highest BCUT2D eigenvalue weighted by atomic mass is 79.9. The number of fused-ring (bicyclic) bond motifs is 1. The van der Waals surface area contributed by atoms with Gasteiger partial charge in [-0.1, -0.05) is 0 Å². The molecule has 0 spiro atoms. The van der Waals surface area contributed by atoms with E-state index in [0.717, 1.165) is 0 Å². The molecule has 62 valence electrons. The number of hydrogen-bond acceptors (Lipinski definition) is 2. The van der Waals surface area contributed by atoms with Crippen LogP contribution >= 0.6 is 15.9 Å².